The fourth-order valence-electron chi connectivity index (χ4n) is 4.00. The summed E-state index contributed by atoms with van der Waals surface area (Å²) in [5.41, 5.74) is 2.08. The molecule has 0 fully saturated rings. The number of fused-ring (bicyclic) bond motifs is 2. The Bertz CT molecular complexity index is 1190. The van der Waals surface area contributed by atoms with Crippen LogP contribution in [-0.2, 0) is 12.8 Å². The van der Waals surface area contributed by atoms with Gasteiger partial charge in [-0.3, -0.25) is 19.8 Å². The van der Waals surface area contributed by atoms with Crippen molar-refractivity contribution in [1.82, 2.24) is 9.88 Å². The highest BCUT2D eigenvalue weighted by atomic mass is 32.1. The fourth-order valence-corrected chi connectivity index (χ4v) is 5.07. The van der Waals surface area contributed by atoms with Crippen LogP contribution in [0.25, 0.3) is 0 Å². The first-order chi connectivity index (χ1) is 15.0. The van der Waals surface area contributed by atoms with Gasteiger partial charge in [-0.25, -0.2) is 14.2 Å². The summed E-state index contributed by atoms with van der Waals surface area (Å²) in [5, 5.41) is 5.65. The molecule has 9 heteroatoms. The second-order valence-electron chi connectivity index (χ2n) is 7.40. The number of carbonyl (C=O) groups excluding carboxylic acids is 3. The van der Waals surface area contributed by atoms with Crippen LogP contribution in [-0.4, -0.2) is 33.8 Å². The van der Waals surface area contributed by atoms with E-state index in [4.69, 9.17) is 0 Å². The number of hydrogen-bond donors (Lipinski definition) is 2. The SMILES string of the molecule is O=C(Nc1cccc(F)c1)Nc1nc2c(s1)CC(N1C(=O)c3ccccc3C1=O)CC2. The zero-order chi connectivity index (χ0) is 21.5. The van der Waals surface area contributed by atoms with Crippen LogP contribution >= 0.6 is 11.3 Å². The van der Waals surface area contributed by atoms with Gasteiger partial charge < -0.3 is 5.32 Å². The molecule has 2 aromatic carbocycles. The number of imide groups is 1. The number of aryl methyl sites for hydroxylation is 1. The zero-order valence-corrected chi connectivity index (χ0v) is 17.0. The number of urea groups is 1. The number of amides is 4. The molecule has 0 radical (unpaired) electrons. The number of thiazole rings is 1. The van der Waals surface area contributed by atoms with Crippen LogP contribution in [0.4, 0.5) is 20.0 Å². The molecular weight excluding hydrogens is 419 g/mol. The van der Waals surface area contributed by atoms with Crippen LogP contribution in [0.2, 0.25) is 0 Å². The van der Waals surface area contributed by atoms with Crippen LogP contribution in [0.3, 0.4) is 0 Å². The number of carbonyl (C=O) groups is 3. The van der Waals surface area contributed by atoms with E-state index in [1.165, 1.54) is 34.4 Å². The smallest absolute Gasteiger partial charge is 0.308 e. The zero-order valence-electron chi connectivity index (χ0n) is 16.2. The van der Waals surface area contributed by atoms with Gasteiger partial charge in [-0.1, -0.05) is 18.2 Å². The molecule has 1 aliphatic heterocycles. The van der Waals surface area contributed by atoms with E-state index in [1.807, 2.05) is 0 Å². The predicted octanol–water partition coefficient (Wildman–Crippen LogP) is 4.08. The Morgan fingerprint density at radius 1 is 1.06 bits per heavy atom. The summed E-state index contributed by atoms with van der Waals surface area (Å²) in [7, 11) is 0. The normalized spacial score (nSPS) is 17.3. The molecule has 0 bridgehead atoms. The number of anilines is 2. The van der Waals surface area contributed by atoms with Crippen molar-refractivity contribution in [1.29, 1.82) is 0 Å². The molecule has 1 unspecified atom stereocenters. The van der Waals surface area contributed by atoms with Crippen molar-refractivity contribution in [2.75, 3.05) is 10.6 Å². The molecule has 0 spiro atoms. The monoisotopic (exact) mass is 436 g/mol. The van der Waals surface area contributed by atoms with E-state index in [9.17, 15) is 18.8 Å². The van der Waals surface area contributed by atoms with Gasteiger partial charge in [-0.2, -0.15) is 0 Å². The molecule has 1 aromatic heterocycles. The van der Waals surface area contributed by atoms with E-state index in [0.29, 0.717) is 41.2 Å². The topological polar surface area (TPSA) is 91.4 Å². The number of halogens is 1. The molecule has 0 saturated carbocycles. The molecule has 0 saturated heterocycles. The van der Waals surface area contributed by atoms with Gasteiger partial charge in [0.2, 0.25) is 0 Å². The molecule has 5 rings (SSSR count). The highest BCUT2D eigenvalue weighted by Crippen LogP contribution is 2.34. The second-order valence-corrected chi connectivity index (χ2v) is 8.48. The maximum Gasteiger partial charge on any atom is 0.325 e. The number of nitrogens with one attached hydrogen (secondary N) is 2. The molecule has 7 nitrogen and oxygen atoms in total. The van der Waals surface area contributed by atoms with E-state index in [1.54, 1.807) is 30.3 Å². The largest absolute Gasteiger partial charge is 0.325 e. The lowest BCUT2D eigenvalue weighted by Crippen LogP contribution is -2.42. The number of benzene rings is 2. The van der Waals surface area contributed by atoms with Crippen molar-refractivity contribution >= 4 is 40.0 Å². The van der Waals surface area contributed by atoms with Gasteiger partial charge in [0.05, 0.1) is 16.8 Å². The molecular formula is C22H17FN4O3S. The highest BCUT2D eigenvalue weighted by molar-refractivity contribution is 7.15. The quantitative estimate of drug-likeness (QED) is 0.606. The van der Waals surface area contributed by atoms with Crippen molar-refractivity contribution < 1.29 is 18.8 Å². The average molecular weight is 436 g/mol. The lowest BCUT2D eigenvalue weighted by Gasteiger charge is -2.28. The summed E-state index contributed by atoms with van der Waals surface area (Å²) in [6, 6.07) is 11.7. The van der Waals surface area contributed by atoms with Crippen LogP contribution in [0.5, 0.6) is 0 Å². The Morgan fingerprint density at radius 2 is 1.81 bits per heavy atom. The van der Waals surface area contributed by atoms with Crippen molar-refractivity contribution in [2.24, 2.45) is 0 Å². The Labute approximate surface area is 180 Å². The molecule has 2 heterocycles. The number of rotatable bonds is 3. The summed E-state index contributed by atoms with van der Waals surface area (Å²) in [6.45, 7) is 0. The summed E-state index contributed by atoms with van der Waals surface area (Å²) < 4.78 is 13.3. The van der Waals surface area contributed by atoms with Crippen LogP contribution in [0.15, 0.2) is 48.5 Å². The summed E-state index contributed by atoms with van der Waals surface area (Å²) in [6.07, 6.45) is 1.74. The lowest BCUT2D eigenvalue weighted by atomic mass is 9.96. The van der Waals surface area contributed by atoms with Crippen molar-refractivity contribution in [3.8, 4) is 0 Å². The first kappa shape index (κ1) is 19.4. The van der Waals surface area contributed by atoms with E-state index in [-0.39, 0.29) is 17.9 Å². The van der Waals surface area contributed by atoms with Crippen molar-refractivity contribution in [3.05, 3.63) is 76.0 Å². The molecule has 3 aromatic rings. The van der Waals surface area contributed by atoms with Gasteiger partial charge in [0.25, 0.3) is 11.8 Å². The van der Waals surface area contributed by atoms with Crippen molar-refractivity contribution in [2.45, 2.75) is 25.3 Å². The molecule has 1 atom stereocenters. The third-order valence-corrected chi connectivity index (χ3v) is 6.44. The third kappa shape index (κ3) is 3.57. The molecule has 31 heavy (non-hydrogen) atoms. The number of aromatic nitrogens is 1. The highest BCUT2D eigenvalue weighted by Gasteiger charge is 2.41. The third-order valence-electron chi connectivity index (χ3n) is 5.41. The minimum atomic E-state index is -0.520. The molecule has 2 N–H and O–H groups in total. The first-order valence-electron chi connectivity index (χ1n) is 9.78. The molecule has 2 aliphatic rings. The molecule has 156 valence electrons. The van der Waals surface area contributed by atoms with Gasteiger partial charge in [0.1, 0.15) is 5.82 Å². The summed E-state index contributed by atoms with van der Waals surface area (Å²) >= 11 is 1.32. The van der Waals surface area contributed by atoms with E-state index < -0.39 is 11.8 Å². The van der Waals surface area contributed by atoms with E-state index in [0.717, 1.165) is 10.6 Å². The second kappa shape index (κ2) is 7.59. The summed E-state index contributed by atoms with van der Waals surface area (Å²) in [5.74, 6) is -0.959. The van der Waals surface area contributed by atoms with Gasteiger partial charge in [0.15, 0.2) is 5.13 Å². The van der Waals surface area contributed by atoms with Gasteiger partial charge in [0, 0.05) is 23.0 Å². The van der Waals surface area contributed by atoms with Crippen LogP contribution < -0.4 is 10.6 Å². The molecule has 1 aliphatic carbocycles. The molecule has 4 amide bonds. The van der Waals surface area contributed by atoms with Gasteiger partial charge >= 0.3 is 6.03 Å². The van der Waals surface area contributed by atoms with Crippen molar-refractivity contribution in [3.63, 3.8) is 0 Å². The lowest BCUT2D eigenvalue weighted by molar-refractivity contribution is 0.0571. The minimum Gasteiger partial charge on any atom is -0.308 e. The van der Waals surface area contributed by atoms with E-state index in [2.05, 4.69) is 15.6 Å². The fraction of sp³-hybridized carbons (Fsp3) is 0.182. The predicted molar refractivity (Wildman–Crippen MR) is 114 cm³/mol. The van der Waals surface area contributed by atoms with E-state index >= 15 is 0 Å². The maximum absolute atomic E-state index is 13.3. The standard InChI is InChI=1S/C22H17FN4O3S/c23-12-4-3-5-13(10-12)24-21(30)26-22-25-17-9-8-14(11-18(17)31-22)27-19(28)15-6-1-2-7-16(15)20(27)29/h1-7,10,14H,8-9,11H2,(H2,24,25,26,30). The van der Waals surface area contributed by atoms with Crippen LogP contribution in [0, 0.1) is 5.82 Å². The number of nitrogens with zero attached hydrogens (tertiary/aromatic N) is 2. The summed E-state index contributed by atoms with van der Waals surface area (Å²) in [4.78, 5) is 44.5. The van der Waals surface area contributed by atoms with Gasteiger partial charge in [-0.15, -0.1) is 11.3 Å². The van der Waals surface area contributed by atoms with Gasteiger partial charge in [-0.05, 0) is 43.2 Å². The Hall–Kier alpha value is -3.59. The Morgan fingerprint density at radius 3 is 2.52 bits per heavy atom. The Kier molecular flexibility index (Phi) is 4.74. The average Bonchev–Trinajstić information content (AvgIpc) is 3.25. The van der Waals surface area contributed by atoms with Crippen LogP contribution in [0.1, 0.15) is 37.7 Å². The minimum absolute atomic E-state index is 0.241. The number of hydrogen-bond acceptors (Lipinski definition) is 5. The Balaban J connectivity index is 1.28. The first-order valence-corrected chi connectivity index (χ1v) is 10.6. The maximum atomic E-state index is 13.3.